The van der Waals surface area contributed by atoms with E-state index in [1.165, 1.54) is 35.0 Å². The van der Waals surface area contributed by atoms with Crippen LogP contribution in [0.4, 0.5) is 5.69 Å². The van der Waals surface area contributed by atoms with Crippen LogP contribution in [0.1, 0.15) is 16.9 Å². The number of amides is 1. The van der Waals surface area contributed by atoms with Gasteiger partial charge in [-0.2, -0.15) is 5.10 Å². The van der Waals surface area contributed by atoms with Crippen molar-refractivity contribution in [1.29, 1.82) is 0 Å². The van der Waals surface area contributed by atoms with Crippen LogP contribution in [-0.2, 0) is 11.3 Å². The van der Waals surface area contributed by atoms with Crippen molar-refractivity contribution in [1.82, 2.24) is 4.90 Å². The predicted molar refractivity (Wildman–Crippen MR) is 145 cm³/mol. The summed E-state index contributed by atoms with van der Waals surface area (Å²) < 4.78 is 5.43. The fourth-order valence-corrected chi connectivity index (χ4v) is 4.60. The number of benzene rings is 3. The zero-order valence-corrected chi connectivity index (χ0v) is 20.2. The van der Waals surface area contributed by atoms with Crippen molar-refractivity contribution in [3.05, 3.63) is 129 Å². The maximum atomic E-state index is 13.3. The van der Waals surface area contributed by atoms with E-state index in [0.717, 1.165) is 16.7 Å². The van der Waals surface area contributed by atoms with E-state index in [4.69, 9.17) is 4.42 Å². The molecule has 0 unspecified atom stereocenters. The molecular weight excluding hydrogens is 488 g/mol. The summed E-state index contributed by atoms with van der Waals surface area (Å²) in [7, 11) is 0. The molecule has 37 heavy (non-hydrogen) atoms. The molecule has 2 heterocycles. The van der Waals surface area contributed by atoms with Gasteiger partial charge in [0.15, 0.2) is 5.17 Å². The maximum absolute atomic E-state index is 13.3. The topological polar surface area (TPSA) is 101 Å². The van der Waals surface area contributed by atoms with E-state index < -0.39 is 4.92 Å². The van der Waals surface area contributed by atoms with Crippen molar-refractivity contribution >= 4 is 40.8 Å². The normalized spacial score (nSPS) is 15.8. The number of hydrogen-bond donors (Lipinski definition) is 0. The van der Waals surface area contributed by atoms with Gasteiger partial charge in [-0.3, -0.25) is 19.8 Å². The molecule has 8 nitrogen and oxygen atoms in total. The highest BCUT2D eigenvalue weighted by molar-refractivity contribution is 8.18. The maximum Gasteiger partial charge on any atom is 0.269 e. The second-order valence-electron chi connectivity index (χ2n) is 8.05. The summed E-state index contributed by atoms with van der Waals surface area (Å²) in [6.07, 6.45) is 4.87. The van der Waals surface area contributed by atoms with Crippen molar-refractivity contribution in [3.8, 4) is 11.1 Å². The predicted octanol–water partition coefficient (Wildman–Crippen LogP) is 6.36. The van der Waals surface area contributed by atoms with Gasteiger partial charge in [0.25, 0.3) is 11.6 Å². The largest absolute Gasteiger partial charge is 0.467 e. The average Bonchev–Trinajstić information content (AvgIpc) is 3.54. The molecule has 0 bridgehead atoms. The van der Waals surface area contributed by atoms with Crippen LogP contribution in [0.15, 0.2) is 117 Å². The zero-order chi connectivity index (χ0) is 25.6. The standard InChI is InChI=1S/C28H20N4O4S/c33-27-26(17-20-8-12-23(13-9-20)22-5-2-1-3-6-22)37-28(31(27)19-25-7-4-16-36-25)30-29-18-21-10-14-24(15-11-21)32(34)35/h1-18H,19H2/b26-17-,29-18+,30-28-. The zero-order valence-electron chi connectivity index (χ0n) is 19.4. The Morgan fingerprint density at radius 3 is 2.27 bits per heavy atom. The Bertz CT molecular complexity index is 1490. The van der Waals surface area contributed by atoms with Crippen LogP contribution in [0.3, 0.4) is 0 Å². The third kappa shape index (κ3) is 5.74. The van der Waals surface area contributed by atoms with Crippen LogP contribution in [-0.4, -0.2) is 27.1 Å². The number of nitro groups is 1. The summed E-state index contributed by atoms with van der Waals surface area (Å²) in [5, 5.41) is 19.6. The van der Waals surface area contributed by atoms with Crippen LogP contribution < -0.4 is 0 Å². The van der Waals surface area contributed by atoms with E-state index >= 15 is 0 Å². The first kappa shape index (κ1) is 24.0. The van der Waals surface area contributed by atoms with Gasteiger partial charge in [0.2, 0.25) is 0 Å². The van der Waals surface area contributed by atoms with Crippen molar-refractivity contribution in [2.75, 3.05) is 0 Å². The van der Waals surface area contributed by atoms with E-state index in [1.54, 1.807) is 30.5 Å². The van der Waals surface area contributed by atoms with Crippen LogP contribution in [0.25, 0.3) is 17.2 Å². The number of amidine groups is 1. The number of nitro benzene ring substituents is 1. The molecule has 0 radical (unpaired) electrons. The van der Waals surface area contributed by atoms with E-state index in [0.29, 0.717) is 21.4 Å². The summed E-state index contributed by atoms with van der Waals surface area (Å²) in [6, 6.07) is 27.6. The van der Waals surface area contributed by atoms with Gasteiger partial charge in [0.05, 0.1) is 28.9 Å². The molecule has 1 aromatic heterocycles. The highest BCUT2D eigenvalue weighted by Crippen LogP contribution is 2.34. The highest BCUT2D eigenvalue weighted by atomic mass is 32.2. The number of hydrogen-bond acceptors (Lipinski definition) is 7. The number of non-ortho nitro benzene ring substituents is 1. The molecule has 1 fully saturated rings. The summed E-state index contributed by atoms with van der Waals surface area (Å²) in [5.41, 5.74) is 3.75. The first-order chi connectivity index (χ1) is 18.1. The molecule has 1 aliphatic rings. The Hall–Kier alpha value is -4.76. The number of carbonyl (C=O) groups is 1. The fourth-order valence-electron chi connectivity index (χ4n) is 3.66. The quantitative estimate of drug-likeness (QED) is 0.125. The highest BCUT2D eigenvalue weighted by Gasteiger charge is 2.34. The third-order valence-corrected chi connectivity index (χ3v) is 6.55. The first-order valence-corrected chi connectivity index (χ1v) is 12.1. The lowest BCUT2D eigenvalue weighted by Gasteiger charge is -2.12. The molecule has 1 saturated heterocycles. The Morgan fingerprint density at radius 2 is 1.59 bits per heavy atom. The van der Waals surface area contributed by atoms with Crippen LogP contribution in [0.5, 0.6) is 0 Å². The molecule has 0 N–H and O–H groups in total. The molecule has 5 rings (SSSR count). The fraction of sp³-hybridized carbons (Fsp3) is 0.0357. The van der Waals surface area contributed by atoms with Crippen LogP contribution in [0.2, 0.25) is 0 Å². The summed E-state index contributed by atoms with van der Waals surface area (Å²) in [5.74, 6) is 0.423. The smallest absolute Gasteiger partial charge is 0.269 e. The molecule has 0 aliphatic carbocycles. The van der Waals surface area contributed by atoms with Crippen molar-refractivity contribution in [3.63, 3.8) is 0 Å². The molecule has 9 heteroatoms. The molecule has 3 aromatic carbocycles. The van der Waals surface area contributed by atoms with Gasteiger partial charge in [0.1, 0.15) is 5.76 Å². The van der Waals surface area contributed by atoms with Gasteiger partial charge in [-0.25, -0.2) is 0 Å². The van der Waals surface area contributed by atoms with E-state index in [9.17, 15) is 14.9 Å². The number of furan rings is 1. The third-order valence-electron chi connectivity index (χ3n) is 5.55. The van der Waals surface area contributed by atoms with E-state index in [-0.39, 0.29) is 18.1 Å². The molecule has 4 aromatic rings. The van der Waals surface area contributed by atoms with E-state index in [2.05, 4.69) is 22.3 Å². The number of thioether (sulfide) groups is 1. The minimum atomic E-state index is -0.461. The Kier molecular flexibility index (Phi) is 7.05. The first-order valence-electron chi connectivity index (χ1n) is 11.3. The molecule has 182 valence electrons. The van der Waals surface area contributed by atoms with E-state index in [1.807, 2.05) is 48.5 Å². The average molecular weight is 509 g/mol. The van der Waals surface area contributed by atoms with Crippen LogP contribution >= 0.6 is 11.8 Å². The molecule has 0 atom stereocenters. The number of rotatable bonds is 7. The lowest BCUT2D eigenvalue weighted by Crippen LogP contribution is -2.28. The molecular formula is C28H20N4O4S. The SMILES string of the molecule is O=C1/C(=C/c2ccc(-c3ccccc3)cc2)S/C(=N\N=C\c2ccc([N+](=O)[O-])cc2)N1Cc1ccco1. The number of carbonyl (C=O) groups excluding carboxylic acids is 1. The van der Waals surface area contributed by atoms with Crippen molar-refractivity contribution < 1.29 is 14.1 Å². The lowest BCUT2D eigenvalue weighted by atomic mass is 10.0. The van der Waals surface area contributed by atoms with Gasteiger partial charge in [-0.15, -0.1) is 5.10 Å². The summed E-state index contributed by atoms with van der Waals surface area (Å²) >= 11 is 1.23. The van der Waals surface area contributed by atoms with Crippen molar-refractivity contribution in [2.45, 2.75) is 6.54 Å². The molecule has 1 amide bonds. The molecule has 1 aliphatic heterocycles. The van der Waals surface area contributed by atoms with Crippen molar-refractivity contribution in [2.24, 2.45) is 10.2 Å². The molecule has 0 saturated carbocycles. The minimum Gasteiger partial charge on any atom is -0.467 e. The monoisotopic (exact) mass is 508 g/mol. The summed E-state index contributed by atoms with van der Waals surface area (Å²) in [4.78, 5) is 25.7. The Balaban J connectivity index is 1.38. The summed E-state index contributed by atoms with van der Waals surface area (Å²) in [6.45, 7) is 0.217. The van der Waals surface area contributed by atoms with Gasteiger partial charge in [-0.05, 0) is 64.4 Å². The van der Waals surface area contributed by atoms with Gasteiger partial charge >= 0.3 is 0 Å². The Labute approximate surface area is 216 Å². The minimum absolute atomic E-state index is 0.00314. The number of nitrogens with zero attached hydrogens (tertiary/aromatic N) is 4. The Morgan fingerprint density at radius 1 is 0.892 bits per heavy atom. The van der Waals surface area contributed by atoms with Crippen LogP contribution in [0, 0.1) is 10.1 Å². The second kappa shape index (κ2) is 10.9. The lowest BCUT2D eigenvalue weighted by molar-refractivity contribution is -0.384. The van der Waals surface area contributed by atoms with Gasteiger partial charge in [0, 0.05) is 12.1 Å². The van der Waals surface area contributed by atoms with Gasteiger partial charge in [-0.1, -0.05) is 54.6 Å². The van der Waals surface area contributed by atoms with Gasteiger partial charge < -0.3 is 4.42 Å². The molecule has 0 spiro atoms. The second-order valence-corrected chi connectivity index (χ2v) is 9.05.